The van der Waals surface area contributed by atoms with E-state index in [0.29, 0.717) is 17.9 Å². The minimum atomic E-state index is -4.13. The molecule has 1 aromatic heterocycles. The second-order valence-electron chi connectivity index (χ2n) is 4.39. The molecule has 0 radical (unpaired) electrons. The van der Waals surface area contributed by atoms with Gasteiger partial charge in [-0.15, -0.1) is 5.10 Å². The Hall–Kier alpha value is -1.65. The van der Waals surface area contributed by atoms with Crippen molar-refractivity contribution in [2.24, 2.45) is 0 Å². The molecule has 23 heavy (non-hydrogen) atoms. The molecule has 0 atom stereocenters. The predicted molar refractivity (Wildman–Crippen MR) is 79.6 cm³/mol. The van der Waals surface area contributed by atoms with Gasteiger partial charge in [0, 0.05) is 0 Å². The van der Waals surface area contributed by atoms with Gasteiger partial charge >= 0.3 is 0 Å². The van der Waals surface area contributed by atoms with Crippen molar-refractivity contribution in [3.63, 3.8) is 0 Å². The van der Waals surface area contributed by atoms with Crippen molar-refractivity contribution in [3.8, 4) is 5.19 Å². The summed E-state index contributed by atoms with van der Waals surface area (Å²) in [5.41, 5.74) is 1.02. The first-order valence-corrected chi connectivity index (χ1v) is 9.03. The van der Waals surface area contributed by atoms with Crippen LogP contribution in [-0.4, -0.2) is 44.0 Å². The van der Waals surface area contributed by atoms with Crippen molar-refractivity contribution in [2.75, 3.05) is 19.0 Å². The number of ether oxygens (including phenoxy) is 2. The van der Waals surface area contributed by atoms with E-state index < -0.39 is 26.4 Å². The summed E-state index contributed by atoms with van der Waals surface area (Å²) in [5, 5.41) is 6.88. The number of nitrogens with zero attached hydrogens (tertiary/aromatic N) is 2. The number of sulfone groups is 1. The number of hydrogen-bond donors (Lipinski definition) is 0. The monoisotopic (exact) mass is 364 g/mol. The summed E-state index contributed by atoms with van der Waals surface area (Å²) in [6.45, 7) is 0.846. The van der Waals surface area contributed by atoms with E-state index in [1.807, 2.05) is 30.3 Å². The fourth-order valence-electron chi connectivity index (χ4n) is 1.57. The predicted octanol–water partition coefficient (Wildman–Crippen LogP) is 2.17. The third kappa shape index (κ3) is 5.81. The van der Waals surface area contributed by atoms with Crippen LogP contribution < -0.4 is 4.74 Å². The van der Waals surface area contributed by atoms with E-state index in [9.17, 15) is 17.2 Å². The Morgan fingerprint density at radius 1 is 1.13 bits per heavy atom. The maximum Gasteiger partial charge on any atom is 0.295 e. The van der Waals surface area contributed by atoms with Gasteiger partial charge in [-0.25, -0.2) is 17.2 Å². The van der Waals surface area contributed by atoms with E-state index in [1.54, 1.807) is 0 Å². The van der Waals surface area contributed by atoms with Gasteiger partial charge in [-0.3, -0.25) is 0 Å². The minimum Gasteiger partial charge on any atom is -0.466 e. The van der Waals surface area contributed by atoms with Crippen molar-refractivity contribution in [2.45, 2.75) is 17.4 Å². The first-order valence-electron chi connectivity index (χ1n) is 6.56. The van der Waals surface area contributed by atoms with Crippen LogP contribution in [0.4, 0.5) is 8.78 Å². The van der Waals surface area contributed by atoms with Gasteiger partial charge in [-0.05, 0) is 16.9 Å². The second kappa shape index (κ2) is 8.27. The van der Waals surface area contributed by atoms with Crippen molar-refractivity contribution < 1.29 is 26.7 Å². The zero-order valence-corrected chi connectivity index (χ0v) is 13.5. The van der Waals surface area contributed by atoms with Gasteiger partial charge in [0.15, 0.2) is 0 Å². The lowest BCUT2D eigenvalue weighted by atomic mass is 10.2. The van der Waals surface area contributed by atoms with Crippen LogP contribution in [0, 0.1) is 0 Å². The molecule has 0 N–H and O–H groups in total. The van der Waals surface area contributed by atoms with E-state index >= 15 is 0 Å². The summed E-state index contributed by atoms with van der Waals surface area (Å²) in [4.78, 5) is 0. The highest BCUT2D eigenvalue weighted by molar-refractivity contribution is 7.93. The Balaban J connectivity index is 1.75. The SMILES string of the molecule is O=S(=O)(CC(F)F)c1nnc(OCCOCc2ccccc2)s1. The van der Waals surface area contributed by atoms with Crippen molar-refractivity contribution >= 4 is 21.2 Å². The van der Waals surface area contributed by atoms with E-state index in [1.165, 1.54) is 0 Å². The number of aromatic nitrogens is 2. The van der Waals surface area contributed by atoms with Gasteiger partial charge in [0.2, 0.25) is 14.2 Å². The molecule has 0 aliphatic heterocycles. The molecule has 0 aliphatic carbocycles. The van der Waals surface area contributed by atoms with Crippen LogP contribution in [0.15, 0.2) is 34.7 Å². The number of alkyl halides is 2. The minimum absolute atomic E-state index is 0.00107. The largest absolute Gasteiger partial charge is 0.466 e. The Labute approximate surface area is 136 Å². The summed E-state index contributed by atoms with van der Waals surface area (Å²) >= 11 is 0.615. The maximum atomic E-state index is 12.2. The normalized spacial score (nSPS) is 11.8. The van der Waals surface area contributed by atoms with Crippen molar-refractivity contribution in [3.05, 3.63) is 35.9 Å². The van der Waals surface area contributed by atoms with E-state index in [-0.39, 0.29) is 18.4 Å². The quantitative estimate of drug-likeness (QED) is 0.635. The molecule has 0 aliphatic rings. The highest BCUT2D eigenvalue weighted by Gasteiger charge is 2.25. The topological polar surface area (TPSA) is 78.4 Å². The third-order valence-corrected chi connectivity index (χ3v) is 5.51. The van der Waals surface area contributed by atoms with Crippen molar-refractivity contribution in [1.29, 1.82) is 0 Å². The molecule has 0 spiro atoms. The van der Waals surface area contributed by atoms with Gasteiger partial charge in [-0.1, -0.05) is 35.4 Å². The Morgan fingerprint density at radius 3 is 2.57 bits per heavy atom. The number of hydrogen-bond acceptors (Lipinski definition) is 7. The lowest BCUT2D eigenvalue weighted by Gasteiger charge is -2.04. The van der Waals surface area contributed by atoms with E-state index in [2.05, 4.69) is 10.2 Å². The average molecular weight is 364 g/mol. The summed E-state index contributed by atoms with van der Waals surface area (Å²) < 4.78 is 57.5. The summed E-state index contributed by atoms with van der Waals surface area (Å²) in [5.74, 6) is -1.28. The third-order valence-electron chi connectivity index (χ3n) is 2.56. The molecule has 10 heteroatoms. The zero-order chi connectivity index (χ0) is 16.7. The molecular weight excluding hydrogens is 350 g/mol. The molecule has 2 aromatic rings. The fraction of sp³-hybridized carbons (Fsp3) is 0.385. The lowest BCUT2D eigenvalue weighted by molar-refractivity contribution is 0.0886. The Morgan fingerprint density at radius 2 is 1.87 bits per heavy atom. The van der Waals surface area contributed by atoms with Gasteiger partial charge in [-0.2, -0.15) is 0 Å². The summed E-state index contributed by atoms with van der Waals surface area (Å²) in [6, 6.07) is 9.55. The molecule has 6 nitrogen and oxygen atoms in total. The highest BCUT2D eigenvalue weighted by atomic mass is 32.2. The smallest absolute Gasteiger partial charge is 0.295 e. The molecule has 0 unspecified atom stereocenters. The fourth-order valence-corrected chi connectivity index (χ4v) is 3.59. The second-order valence-corrected chi connectivity index (χ2v) is 7.54. The van der Waals surface area contributed by atoms with E-state index in [0.717, 1.165) is 5.56 Å². The van der Waals surface area contributed by atoms with Gasteiger partial charge < -0.3 is 9.47 Å². The first-order chi connectivity index (χ1) is 11.0. The molecule has 1 aromatic carbocycles. The number of rotatable bonds is 9. The van der Waals surface area contributed by atoms with Crippen LogP contribution in [0.5, 0.6) is 5.19 Å². The molecule has 0 amide bonds. The maximum absolute atomic E-state index is 12.2. The molecular formula is C13H14F2N2O4S2. The number of halogens is 2. The van der Waals surface area contributed by atoms with Crippen LogP contribution in [0.2, 0.25) is 0 Å². The molecule has 126 valence electrons. The summed E-state index contributed by atoms with van der Waals surface area (Å²) in [6.07, 6.45) is -2.96. The highest BCUT2D eigenvalue weighted by Crippen LogP contribution is 2.23. The average Bonchev–Trinajstić information content (AvgIpc) is 2.96. The molecule has 0 fully saturated rings. The van der Waals surface area contributed by atoms with Crippen LogP contribution in [0.25, 0.3) is 0 Å². The van der Waals surface area contributed by atoms with Gasteiger partial charge in [0.25, 0.3) is 11.6 Å². The van der Waals surface area contributed by atoms with E-state index in [4.69, 9.17) is 9.47 Å². The Kier molecular flexibility index (Phi) is 6.37. The Bertz CT molecular complexity index is 708. The van der Waals surface area contributed by atoms with Gasteiger partial charge in [0.05, 0.1) is 13.2 Å². The molecule has 0 saturated heterocycles. The molecule has 0 bridgehead atoms. The first kappa shape index (κ1) is 17.7. The molecule has 1 heterocycles. The van der Waals surface area contributed by atoms with Crippen LogP contribution >= 0.6 is 11.3 Å². The molecule has 0 saturated carbocycles. The van der Waals surface area contributed by atoms with Crippen LogP contribution in [-0.2, 0) is 21.2 Å². The number of benzene rings is 1. The lowest BCUT2D eigenvalue weighted by Crippen LogP contribution is -2.13. The standard InChI is InChI=1S/C13H14F2N2O4S2/c14-11(15)9-23(18,19)13-17-16-12(22-13)21-7-6-20-8-10-4-2-1-3-5-10/h1-5,11H,6-9H2. The summed E-state index contributed by atoms with van der Waals surface area (Å²) in [7, 11) is -4.13. The molecule has 2 rings (SSSR count). The van der Waals surface area contributed by atoms with Crippen molar-refractivity contribution in [1.82, 2.24) is 10.2 Å². The zero-order valence-electron chi connectivity index (χ0n) is 11.9. The van der Waals surface area contributed by atoms with Gasteiger partial charge in [0.1, 0.15) is 12.4 Å². The van der Waals surface area contributed by atoms with Crippen LogP contribution in [0.1, 0.15) is 5.56 Å². The van der Waals surface area contributed by atoms with Crippen LogP contribution in [0.3, 0.4) is 0 Å².